The molecule has 1 fully saturated rings. The number of anilines is 1. The number of carbonyl (C=O) groups is 4. The van der Waals surface area contributed by atoms with E-state index in [1.807, 2.05) is 0 Å². The van der Waals surface area contributed by atoms with Crippen molar-refractivity contribution in [1.82, 2.24) is 29.6 Å². The number of hydrogen-bond acceptors (Lipinski definition) is 8. The maximum absolute atomic E-state index is 14.4. The second-order valence-electron chi connectivity index (χ2n) is 9.56. The van der Waals surface area contributed by atoms with Gasteiger partial charge in [0.2, 0.25) is 17.7 Å². The summed E-state index contributed by atoms with van der Waals surface area (Å²) in [5.41, 5.74) is 7.18. The van der Waals surface area contributed by atoms with Crippen molar-refractivity contribution in [2.24, 2.45) is 5.73 Å². The fraction of sp³-hybridized carbons (Fsp3) is 0.259. The SMILES string of the molecule is CC(=O)c1nn(CC(=O)N2C[C@H](F)C[C@H]2C(=O)Nc2cccc(Br)n2)c2ccc(-c3cnc(CC(N)=O)nc3)cc12. The number of ketones is 1. The Morgan fingerprint density at radius 2 is 1.88 bits per heavy atom. The number of aromatic nitrogens is 5. The molecule has 14 heteroatoms. The summed E-state index contributed by atoms with van der Waals surface area (Å²) in [5, 5.41) is 7.52. The van der Waals surface area contributed by atoms with E-state index in [-0.39, 0.29) is 49.1 Å². The highest BCUT2D eigenvalue weighted by molar-refractivity contribution is 9.10. The maximum atomic E-state index is 14.4. The fourth-order valence-corrected chi connectivity index (χ4v) is 5.05. The highest BCUT2D eigenvalue weighted by Gasteiger charge is 2.40. The number of likely N-dealkylation sites (tertiary alicyclic amines) is 1. The van der Waals surface area contributed by atoms with Crippen LogP contribution < -0.4 is 11.1 Å². The lowest BCUT2D eigenvalue weighted by Crippen LogP contribution is -2.44. The molecule has 5 rings (SSSR count). The predicted molar refractivity (Wildman–Crippen MR) is 149 cm³/mol. The molecule has 0 unspecified atom stereocenters. The molecule has 210 valence electrons. The lowest BCUT2D eigenvalue weighted by molar-refractivity contribution is -0.137. The van der Waals surface area contributed by atoms with Gasteiger partial charge in [-0.1, -0.05) is 12.1 Å². The number of fused-ring (bicyclic) bond motifs is 1. The Morgan fingerprint density at radius 1 is 1.12 bits per heavy atom. The van der Waals surface area contributed by atoms with Gasteiger partial charge in [0.25, 0.3) is 0 Å². The third-order valence-electron chi connectivity index (χ3n) is 6.58. The van der Waals surface area contributed by atoms with E-state index < -0.39 is 29.9 Å². The molecule has 0 aliphatic carbocycles. The quantitative estimate of drug-likeness (QED) is 0.223. The molecule has 41 heavy (non-hydrogen) atoms. The van der Waals surface area contributed by atoms with Gasteiger partial charge in [-0.25, -0.2) is 19.3 Å². The molecular weight excluding hydrogens is 599 g/mol. The van der Waals surface area contributed by atoms with Gasteiger partial charge in [0.15, 0.2) is 5.78 Å². The van der Waals surface area contributed by atoms with Crippen LogP contribution in [0.5, 0.6) is 0 Å². The van der Waals surface area contributed by atoms with E-state index in [4.69, 9.17) is 5.73 Å². The maximum Gasteiger partial charge on any atom is 0.248 e. The number of hydrogen-bond donors (Lipinski definition) is 2. The number of alkyl halides is 1. The van der Waals surface area contributed by atoms with Gasteiger partial charge in [0.1, 0.15) is 40.7 Å². The smallest absolute Gasteiger partial charge is 0.248 e. The monoisotopic (exact) mass is 622 g/mol. The average Bonchev–Trinajstić information content (AvgIpc) is 3.49. The molecule has 0 saturated carbocycles. The van der Waals surface area contributed by atoms with Gasteiger partial charge in [0.05, 0.1) is 18.5 Å². The summed E-state index contributed by atoms with van der Waals surface area (Å²) in [7, 11) is 0. The molecule has 1 aromatic carbocycles. The Morgan fingerprint density at radius 3 is 2.56 bits per heavy atom. The molecule has 1 saturated heterocycles. The first-order valence-electron chi connectivity index (χ1n) is 12.6. The van der Waals surface area contributed by atoms with Crippen molar-refractivity contribution in [2.75, 3.05) is 11.9 Å². The highest BCUT2D eigenvalue weighted by atomic mass is 79.9. The van der Waals surface area contributed by atoms with Crippen molar-refractivity contribution in [3.63, 3.8) is 0 Å². The van der Waals surface area contributed by atoms with Gasteiger partial charge in [0, 0.05) is 36.7 Å². The molecule has 1 aliphatic rings. The van der Waals surface area contributed by atoms with Crippen LogP contribution in [0.4, 0.5) is 10.2 Å². The van der Waals surface area contributed by atoms with Crippen LogP contribution in [0.1, 0.15) is 29.7 Å². The Labute approximate surface area is 241 Å². The lowest BCUT2D eigenvalue weighted by atomic mass is 10.0. The Kier molecular flexibility index (Phi) is 7.83. The Bertz CT molecular complexity index is 1680. The van der Waals surface area contributed by atoms with E-state index in [1.165, 1.54) is 16.5 Å². The summed E-state index contributed by atoms with van der Waals surface area (Å²) in [6, 6.07) is 9.15. The number of halogens is 2. The van der Waals surface area contributed by atoms with Crippen molar-refractivity contribution in [3.8, 4) is 11.1 Å². The zero-order valence-electron chi connectivity index (χ0n) is 21.8. The van der Waals surface area contributed by atoms with Gasteiger partial charge in [-0.05, 0) is 45.8 Å². The molecule has 4 aromatic rings. The second kappa shape index (κ2) is 11.5. The predicted octanol–water partition coefficient (Wildman–Crippen LogP) is 2.46. The molecule has 0 spiro atoms. The largest absolute Gasteiger partial charge is 0.369 e. The van der Waals surface area contributed by atoms with Crippen molar-refractivity contribution in [1.29, 1.82) is 0 Å². The molecule has 3 aromatic heterocycles. The van der Waals surface area contributed by atoms with Crippen LogP contribution in [0.25, 0.3) is 22.0 Å². The van der Waals surface area contributed by atoms with Gasteiger partial charge >= 0.3 is 0 Å². The average molecular weight is 623 g/mol. The highest BCUT2D eigenvalue weighted by Crippen LogP contribution is 2.28. The number of nitrogens with zero attached hydrogens (tertiary/aromatic N) is 6. The van der Waals surface area contributed by atoms with Crippen LogP contribution >= 0.6 is 15.9 Å². The topological polar surface area (TPSA) is 166 Å². The van der Waals surface area contributed by atoms with E-state index in [0.29, 0.717) is 26.6 Å². The zero-order valence-corrected chi connectivity index (χ0v) is 23.3. The van der Waals surface area contributed by atoms with Crippen LogP contribution in [0, 0.1) is 0 Å². The molecular formula is C27H24BrFN8O4. The van der Waals surface area contributed by atoms with Crippen LogP contribution in [-0.2, 0) is 27.3 Å². The van der Waals surface area contributed by atoms with Crippen LogP contribution in [0.3, 0.4) is 0 Å². The van der Waals surface area contributed by atoms with Gasteiger partial charge in [-0.3, -0.25) is 23.9 Å². The molecule has 4 heterocycles. The summed E-state index contributed by atoms with van der Waals surface area (Å²) in [6.07, 6.45) is 1.49. The number of Topliss-reactive ketones (excluding diaryl/α,β-unsaturated/α-hetero) is 1. The minimum absolute atomic E-state index is 0.0851. The van der Waals surface area contributed by atoms with Crippen molar-refractivity contribution < 1.29 is 23.6 Å². The van der Waals surface area contributed by atoms with Crippen LogP contribution in [-0.4, -0.2) is 71.9 Å². The third kappa shape index (κ3) is 6.11. The second-order valence-corrected chi connectivity index (χ2v) is 10.4. The summed E-state index contributed by atoms with van der Waals surface area (Å²) in [6.45, 7) is 0.823. The first kappa shape index (κ1) is 28.0. The molecule has 3 N–H and O–H groups in total. The minimum atomic E-state index is -1.37. The molecule has 12 nitrogen and oxygen atoms in total. The third-order valence-corrected chi connectivity index (χ3v) is 7.02. The Hall–Kier alpha value is -4.59. The zero-order chi connectivity index (χ0) is 29.3. The van der Waals surface area contributed by atoms with Crippen molar-refractivity contribution in [3.05, 3.63) is 64.9 Å². The summed E-state index contributed by atoms with van der Waals surface area (Å²) >= 11 is 3.24. The number of nitrogens with one attached hydrogen (secondary N) is 1. The fourth-order valence-electron chi connectivity index (χ4n) is 4.71. The first-order chi connectivity index (χ1) is 19.6. The number of benzene rings is 1. The number of nitrogens with two attached hydrogens (primary N) is 1. The minimum Gasteiger partial charge on any atom is -0.369 e. The summed E-state index contributed by atoms with van der Waals surface area (Å²) < 4.78 is 16.3. The first-order valence-corrected chi connectivity index (χ1v) is 13.4. The molecule has 3 amide bonds. The van der Waals surface area contributed by atoms with Crippen molar-refractivity contribution in [2.45, 2.75) is 38.5 Å². The van der Waals surface area contributed by atoms with E-state index in [2.05, 4.69) is 41.3 Å². The van der Waals surface area contributed by atoms with E-state index in [9.17, 15) is 23.6 Å². The number of primary amides is 1. The molecule has 0 radical (unpaired) electrons. The number of carbonyl (C=O) groups excluding carboxylic acids is 4. The molecule has 2 atom stereocenters. The van der Waals surface area contributed by atoms with Gasteiger partial charge < -0.3 is 16.0 Å². The number of pyridine rings is 1. The van der Waals surface area contributed by atoms with E-state index in [0.717, 1.165) is 0 Å². The normalized spacial score (nSPS) is 16.6. The van der Waals surface area contributed by atoms with E-state index >= 15 is 0 Å². The van der Waals surface area contributed by atoms with Crippen LogP contribution in [0.15, 0.2) is 53.4 Å². The lowest BCUT2D eigenvalue weighted by Gasteiger charge is -2.23. The number of amides is 3. The standard InChI is InChI=1S/C27H24BrFN8O4/c1-14(38)26-18-7-15(16-10-31-24(32-11-16)9-22(30)39)5-6-19(18)37(35-26)13-25(40)36-12-17(29)8-20(36)27(41)34-23-4-2-3-21(28)33-23/h2-7,10-11,17,20H,8-9,12-13H2,1H3,(H2,30,39)(H,33,34,41)/t17-,20+/m1/s1. The summed E-state index contributed by atoms with van der Waals surface area (Å²) in [5.74, 6) is -1.36. The van der Waals surface area contributed by atoms with E-state index in [1.54, 1.807) is 48.8 Å². The molecule has 0 bridgehead atoms. The van der Waals surface area contributed by atoms with Gasteiger partial charge in [-0.2, -0.15) is 5.10 Å². The van der Waals surface area contributed by atoms with Crippen LogP contribution in [0.2, 0.25) is 0 Å². The summed E-state index contributed by atoms with van der Waals surface area (Å²) in [4.78, 5) is 63.6. The molecule has 1 aliphatic heterocycles. The number of rotatable bonds is 8. The Balaban J connectivity index is 1.39. The van der Waals surface area contributed by atoms with Crippen molar-refractivity contribution >= 4 is 56.2 Å². The van der Waals surface area contributed by atoms with Gasteiger partial charge in [-0.15, -0.1) is 0 Å².